The average Bonchev–Trinajstić information content (AvgIpc) is 3.25. The topological polar surface area (TPSA) is 76.4 Å². The van der Waals surface area contributed by atoms with Crippen molar-refractivity contribution >= 4 is 34.8 Å². The summed E-state index contributed by atoms with van der Waals surface area (Å²) in [7, 11) is 0. The van der Waals surface area contributed by atoms with Crippen LogP contribution in [0.4, 0.5) is 5.69 Å². The van der Waals surface area contributed by atoms with E-state index in [0.29, 0.717) is 17.7 Å². The summed E-state index contributed by atoms with van der Waals surface area (Å²) < 4.78 is 1.89. The quantitative estimate of drug-likeness (QED) is 0.143. The molecule has 190 valence electrons. The second kappa shape index (κ2) is 11.0. The Hall–Kier alpha value is -4.23. The van der Waals surface area contributed by atoms with Gasteiger partial charge < -0.3 is 5.32 Å². The number of ketones is 1. The number of hydrogen-bond donors (Lipinski definition) is 1. The fourth-order valence-corrected chi connectivity index (χ4v) is 5.47. The molecule has 5 aromatic rings. The maximum atomic E-state index is 12.9. The van der Waals surface area contributed by atoms with Crippen LogP contribution in [0, 0.1) is 13.8 Å². The van der Waals surface area contributed by atoms with E-state index in [1.54, 1.807) is 24.3 Å². The van der Waals surface area contributed by atoms with Crippen LogP contribution in [0.1, 0.15) is 39.8 Å². The number of amides is 1. The van der Waals surface area contributed by atoms with Crippen LogP contribution in [0.3, 0.4) is 0 Å². The SMILES string of the molecule is CC(=O)c1ccc(NC(=O)CSc2c(Cc3ccccc3)c(C)nc3c(-c4ccccc4)c(C)nn23)cc1. The van der Waals surface area contributed by atoms with Gasteiger partial charge in [0, 0.05) is 34.5 Å². The zero-order valence-corrected chi connectivity index (χ0v) is 22.4. The Morgan fingerprint density at radius 2 is 1.53 bits per heavy atom. The van der Waals surface area contributed by atoms with Crippen LogP contribution in [0.25, 0.3) is 16.8 Å². The second-order valence-electron chi connectivity index (χ2n) is 9.18. The highest BCUT2D eigenvalue weighted by atomic mass is 32.2. The molecule has 0 radical (unpaired) electrons. The van der Waals surface area contributed by atoms with Crippen LogP contribution in [0.2, 0.25) is 0 Å². The predicted octanol–water partition coefficient (Wildman–Crippen LogP) is 6.54. The molecule has 0 spiro atoms. The number of aryl methyl sites for hydroxylation is 2. The number of hydrogen-bond acceptors (Lipinski definition) is 5. The van der Waals surface area contributed by atoms with E-state index in [9.17, 15) is 9.59 Å². The van der Waals surface area contributed by atoms with Gasteiger partial charge in [0.05, 0.1) is 11.4 Å². The summed E-state index contributed by atoms with van der Waals surface area (Å²) in [5.41, 5.74) is 8.13. The summed E-state index contributed by atoms with van der Waals surface area (Å²) in [6.07, 6.45) is 0.686. The first kappa shape index (κ1) is 25.4. The molecule has 0 saturated carbocycles. The van der Waals surface area contributed by atoms with Crippen LogP contribution in [-0.4, -0.2) is 32.0 Å². The third kappa shape index (κ3) is 5.38. The van der Waals surface area contributed by atoms with E-state index in [1.807, 2.05) is 54.8 Å². The van der Waals surface area contributed by atoms with Crippen molar-refractivity contribution in [3.8, 4) is 11.1 Å². The Kier molecular flexibility index (Phi) is 7.38. The molecule has 0 aliphatic carbocycles. The maximum absolute atomic E-state index is 12.9. The molecule has 5 rings (SSSR count). The van der Waals surface area contributed by atoms with E-state index in [2.05, 4.69) is 29.6 Å². The van der Waals surface area contributed by atoms with E-state index < -0.39 is 0 Å². The number of nitrogens with one attached hydrogen (secondary N) is 1. The highest BCUT2D eigenvalue weighted by molar-refractivity contribution is 8.00. The minimum Gasteiger partial charge on any atom is -0.325 e. The lowest BCUT2D eigenvalue weighted by molar-refractivity contribution is -0.113. The smallest absolute Gasteiger partial charge is 0.234 e. The van der Waals surface area contributed by atoms with Crippen molar-refractivity contribution in [2.24, 2.45) is 0 Å². The third-order valence-corrected chi connectivity index (χ3v) is 7.50. The lowest BCUT2D eigenvalue weighted by atomic mass is 10.0. The van der Waals surface area contributed by atoms with Gasteiger partial charge in [-0.25, -0.2) is 9.50 Å². The molecule has 2 aromatic heterocycles. The van der Waals surface area contributed by atoms with Gasteiger partial charge in [-0.3, -0.25) is 9.59 Å². The fraction of sp³-hybridized carbons (Fsp3) is 0.161. The fourth-order valence-electron chi connectivity index (χ4n) is 4.48. The van der Waals surface area contributed by atoms with Crippen molar-refractivity contribution in [1.29, 1.82) is 0 Å². The van der Waals surface area contributed by atoms with Crippen molar-refractivity contribution in [3.63, 3.8) is 0 Å². The van der Waals surface area contributed by atoms with Gasteiger partial charge in [-0.2, -0.15) is 5.10 Å². The lowest BCUT2D eigenvalue weighted by Gasteiger charge is -2.15. The molecule has 6 nitrogen and oxygen atoms in total. The summed E-state index contributed by atoms with van der Waals surface area (Å²) in [5, 5.41) is 8.73. The van der Waals surface area contributed by atoms with Crippen LogP contribution in [0.5, 0.6) is 0 Å². The van der Waals surface area contributed by atoms with Crippen molar-refractivity contribution in [2.45, 2.75) is 32.2 Å². The van der Waals surface area contributed by atoms with Gasteiger partial charge in [-0.15, -0.1) is 0 Å². The van der Waals surface area contributed by atoms with Crippen LogP contribution < -0.4 is 5.32 Å². The Morgan fingerprint density at radius 3 is 2.18 bits per heavy atom. The van der Waals surface area contributed by atoms with Crippen LogP contribution in [-0.2, 0) is 11.2 Å². The average molecular weight is 521 g/mol. The summed E-state index contributed by atoms with van der Waals surface area (Å²) in [6.45, 7) is 5.54. The van der Waals surface area contributed by atoms with Gasteiger partial charge in [0.2, 0.25) is 5.91 Å². The second-order valence-corrected chi connectivity index (χ2v) is 10.1. The molecule has 0 atom stereocenters. The van der Waals surface area contributed by atoms with E-state index in [1.165, 1.54) is 24.2 Å². The molecule has 0 saturated heterocycles. The van der Waals surface area contributed by atoms with Crippen LogP contribution in [0.15, 0.2) is 90.0 Å². The van der Waals surface area contributed by atoms with Crippen molar-refractivity contribution in [3.05, 3.63) is 113 Å². The number of rotatable bonds is 8. The zero-order chi connectivity index (χ0) is 26.6. The minimum atomic E-state index is -0.133. The first-order valence-electron chi connectivity index (χ1n) is 12.4. The Balaban J connectivity index is 1.50. The number of nitrogens with zero attached hydrogens (tertiary/aromatic N) is 3. The number of anilines is 1. The highest BCUT2D eigenvalue weighted by Crippen LogP contribution is 2.34. The Morgan fingerprint density at radius 1 is 0.868 bits per heavy atom. The molecule has 1 N–H and O–H groups in total. The predicted molar refractivity (Wildman–Crippen MR) is 153 cm³/mol. The molecule has 38 heavy (non-hydrogen) atoms. The zero-order valence-electron chi connectivity index (χ0n) is 21.6. The van der Waals surface area contributed by atoms with E-state index in [0.717, 1.165) is 38.8 Å². The number of thioether (sulfide) groups is 1. The molecular formula is C31H28N4O2S. The van der Waals surface area contributed by atoms with Crippen LogP contribution >= 0.6 is 11.8 Å². The number of aromatic nitrogens is 3. The first-order valence-corrected chi connectivity index (χ1v) is 13.4. The van der Waals surface area contributed by atoms with Gasteiger partial charge in [-0.1, -0.05) is 72.4 Å². The normalized spacial score (nSPS) is 11.0. The highest BCUT2D eigenvalue weighted by Gasteiger charge is 2.21. The van der Waals surface area contributed by atoms with Gasteiger partial charge >= 0.3 is 0 Å². The van der Waals surface area contributed by atoms with Gasteiger partial charge in [0.25, 0.3) is 0 Å². The molecule has 3 aromatic carbocycles. The number of carbonyl (C=O) groups is 2. The molecule has 2 heterocycles. The van der Waals surface area contributed by atoms with Gasteiger partial charge in [0.1, 0.15) is 5.03 Å². The number of Topliss-reactive ketones (excluding diaryl/α,β-unsaturated/α-hetero) is 1. The number of fused-ring (bicyclic) bond motifs is 1. The molecule has 0 aliphatic heterocycles. The van der Waals surface area contributed by atoms with Crippen molar-refractivity contribution in [2.75, 3.05) is 11.1 Å². The summed E-state index contributed by atoms with van der Waals surface area (Å²) in [4.78, 5) is 29.5. The molecule has 0 aliphatic rings. The largest absolute Gasteiger partial charge is 0.325 e. The number of carbonyl (C=O) groups excluding carboxylic acids is 2. The van der Waals surface area contributed by atoms with E-state index in [-0.39, 0.29) is 17.4 Å². The monoisotopic (exact) mass is 520 g/mol. The summed E-state index contributed by atoms with van der Waals surface area (Å²) >= 11 is 1.46. The lowest BCUT2D eigenvalue weighted by Crippen LogP contribution is -2.15. The van der Waals surface area contributed by atoms with Crippen molar-refractivity contribution in [1.82, 2.24) is 14.6 Å². The maximum Gasteiger partial charge on any atom is 0.234 e. The minimum absolute atomic E-state index is 0.00848. The molecule has 0 bridgehead atoms. The van der Waals surface area contributed by atoms with Gasteiger partial charge in [-0.05, 0) is 56.2 Å². The number of benzene rings is 3. The standard InChI is InChI=1S/C31H28N4O2S/c1-20-27(18-23-10-6-4-7-11-23)31(38-19-28(37)33-26-16-14-24(15-17-26)22(3)36)35-30(32-20)29(21(2)34-35)25-12-8-5-9-13-25/h4-17H,18-19H2,1-3H3,(H,33,37). The third-order valence-electron chi connectivity index (χ3n) is 6.40. The van der Waals surface area contributed by atoms with E-state index >= 15 is 0 Å². The van der Waals surface area contributed by atoms with Gasteiger partial charge in [0.15, 0.2) is 11.4 Å². The Bertz CT molecular complexity index is 1610. The molecular weight excluding hydrogens is 492 g/mol. The summed E-state index contributed by atoms with van der Waals surface area (Å²) in [5.74, 6) is 0.0610. The first-order chi connectivity index (χ1) is 18.4. The molecule has 0 unspecified atom stereocenters. The molecule has 0 fully saturated rings. The van der Waals surface area contributed by atoms with E-state index in [4.69, 9.17) is 10.1 Å². The molecule has 7 heteroatoms. The summed E-state index contributed by atoms with van der Waals surface area (Å²) in [6, 6.07) is 27.3. The van der Waals surface area contributed by atoms with Crippen molar-refractivity contribution < 1.29 is 9.59 Å². The molecule has 1 amide bonds. The Labute approximate surface area is 226 Å².